The maximum Gasteiger partial charge on any atom is 0.309 e. The van der Waals surface area contributed by atoms with E-state index in [9.17, 15) is 14.7 Å². The molecule has 0 spiro atoms. The van der Waals surface area contributed by atoms with Crippen LogP contribution in [0.4, 0.5) is 0 Å². The van der Waals surface area contributed by atoms with Gasteiger partial charge in [0.25, 0.3) is 0 Å². The van der Waals surface area contributed by atoms with Crippen LogP contribution >= 0.6 is 0 Å². The first kappa shape index (κ1) is 24.9. The first-order valence-electron chi connectivity index (χ1n) is 10.9. The third kappa shape index (κ3) is 10.8. The van der Waals surface area contributed by atoms with Crippen molar-refractivity contribution in [3.05, 3.63) is 0 Å². The van der Waals surface area contributed by atoms with E-state index in [1.165, 1.54) is 38.5 Å². The van der Waals surface area contributed by atoms with Gasteiger partial charge in [-0.15, -0.1) is 0 Å². The molecule has 0 aliphatic carbocycles. The highest BCUT2D eigenvalue weighted by atomic mass is 16.4. The molecule has 0 saturated heterocycles. The predicted octanol–water partition coefficient (Wildman–Crippen LogP) is 6.67. The SMILES string of the molecule is CCC(CCCCCCCCCCCC(=O)O)CC(CC)(CC)C(=O)O. The van der Waals surface area contributed by atoms with Crippen molar-refractivity contribution in [3.63, 3.8) is 0 Å². The minimum atomic E-state index is -0.686. The Morgan fingerprint density at radius 2 is 1.23 bits per heavy atom. The zero-order valence-corrected chi connectivity index (χ0v) is 17.4. The molecule has 0 bridgehead atoms. The van der Waals surface area contributed by atoms with E-state index in [2.05, 4.69) is 6.92 Å². The lowest BCUT2D eigenvalue weighted by atomic mass is 9.73. The molecule has 1 atom stereocenters. The van der Waals surface area contributed by atoms with Gasteiger partial charge in [-0.3, -0.25) is 9.59 Å². The standard InChI is InChI=1S/C22H42O4/c1-4-19(18-22(5-2,6-3)21(25)26)16-14-12-10-8-7-9-11-13-15-17-20(23)24/h19H,4-18H2,1-3H3,(H,23,24)(H,25,26). The summed E-state index contributed by atoms with van der Waals surface area (Å²) >= 11 is 0. The molecular weight excluding hydrogens is 328 g/mol. The normalized spacial score (nSPS) is 12.9. The number of hydrogen-bond acceptors (Lipinski definition) is 2. The molecule has 0 aromatic carbocycles. The van der Waals surface area contributed by atoms with Gasteiger partial charge in [0, 0.05) is 6.42 Å². The van der Waals surface area contributed by atoms with Gasteiger partial charge < -0.3 is 10.2 Å². The maximum absolute atomic E-state index is 11.7. The molecule has 0 heterocycles. The van der Waals surface area contributed by atoms with E-state index in [1.807, 2.05) is 13.8 Å². The fourth-order valence-corrected chi connectivity index (χ4v) is 3.88. The van der Waals surface area contributed by atoms with Gasteiger partial charge in [0.05, 0.1) is 5.41 Å². The lowest BCUT2D eigenvalue weighted by molar-refractivity contribution is -0.150. The van der Waals surface area contributed by atoms with Crippen LogP contribution in [0.15, 0.2) is 0 Å². The Hall–Kier alpha value is -1.06. The molecule has 0 rings (SSSR count). The average molecular weight is 371 g/mol. The summed E-state index contributed by atoms with van der Waals surface area (Å²) in [6, 6.07) is 0. The molecule has 0 saturated carbocycles. The van der Waals surface area contributed by atoms with Gasteiger partial charge in [0.1, 0.15) is 0 Å². The van der Waals surface area contributed by atoms with Crippen molar-refractivity contribution in [1.29, 1.82) is 0 Å². The van der Waals surface area contributed by atoms with Crippen LogP contribution in [0.25, 0.3) is 0 Å². The monoisotopic (exact) mass is 370 g/mol. The fraction of sp³-hybridized carbons (Fsp3) is 0.909. The number of carboxylic acid groups (broad SMARTS) is 2. The smallest absolute Gasteiger partial charge is 0.309 e. The molecule has 4 nitrogen and oxygen atoms in total. The van der Waals surface area contributed by atoms with Crippen molar-refractivity contribution in [2.75, 3.05) is 0 Å². The molecule has 4 heteroatoms. The summed E-state index contributed by atoms with van der Waals surface area (Å²) in [5, 5.41) is 18.2. The summed E-state index contributed by atoms with van der Waals surface area (Å²) in [4.78, 5) is 22.1. The molecule has 26 heavy (non-hydrogen) atoms. The van der Waals surface area contributed by atoms with Gasteiger partial charge in [-0.25, -0.2) is 0 Å². The van der Waals surface area contributed by atoms with E-state index >= 15 is 0 Å². The zero-order valence-electron chi connectivity index (χ0n) is 17.4. The van der Waals surface area contributed by atoms with Crippen LogP contribution < -0.4 is 0 Å². The van der Waals surface area contributed by atoms with E-state index in [0.717, 1.165) is 51.4 Å². The van der Waals surface area contributed by atoms with Crippen LogP contribution in [0.1, 0.15) is 117 Å². The highest BCUT2D eigenvalue weighted by molar-refractivity contribution is 5.74. The zero-order chi connectivity index (χ0) is 19.8. The highest BCUT2D eigenvalue weighted by Crippen LogP contribution is 2.37. The van der Waals surface area contributed by atoms with Gasteiger partial charge in [-0.05, 0) is 31.6 Å². The van der Waals surface area contributed by atoms with Gasteiger partial charge in [0.15, 0.2) is 0 Å². The number of rotatable bonds is 18. The van der Waals surface area contributed by atoms with Crippen molar-refractivity contribution >= 4 is 11.9 Å². The quantitative estimate of drug-likeness (QED) is 0.264. The van der Waals surface area contributed by atoms with Crippen molar-refractivity contribution in [2.24, 2.45) is 11.3 Å². The van der Waals surface area contributed by atoms with Crippen molar-refractivity contribution < 1.29 is 19.8 Å². The number of aliphatic carboxylic acids is 2. The minimum Gasteiger partial charge on any atom is -0.481 e. The number of carboxylic acids is 2. The summed E-state index contributed by atoms with van der Waals surface area (Å²) in [6.07, 6.45) is 15.2. The van der Waals surface area contributed by atoms with E-state index < -0.39 is 17.4 Å². The maximum atomic E-state index is 11.7. The van der Waals surface area contributed by atoms with E-state index in [1.54, 1.807) is 0 Å². The summed E-state index contributed by atoms with van der Waals surface area (Å²) in [5.74, 6) is -0.779. The summed E-state index contributed by atoms with van der Waals surface area (Å²) in [6.45, 7) is 6.20. The molecule has 0 aromatic heterocycles. The van der Waals surface area contributed by atoms with Crippen LogP contribution in [-0.4, -0.2) is 22.2 Å². The Bertz CT molecular complexity index is 374. The molecule has 154 valence electrons. The average Bonchev–Trinajstić information content (AvgIpc) is 2.62. The lowest BCUT2D eigenvalue weighted by Crippen LogP contribution is -2.32. The van der Waals surface area contributed by atoms with Gasteiger partial charge in [-0.1, -0.05) is 85.0 Å². The summed E-state index contributed by atoms with van der Waals surface area (Å²) in [5.41, 5.74) is -0.526. The van der Waals surface area contributed by atoms with Crippen molar-refractivity contribution in [3.8, 4) is 0 Å². The molecule has 0 radical (unpaired) electrons. The van der Waals surface area contributed by atoms with Crippen LogP contribution in [0.3, 0.4) is 0 Å². The number of unbranched alkanes of at least 4 members (excludes halogenated alkanes) is 8. The second-order valence-electron chi connectivity index (χ2n) is 7.89. The van der Waals surface area contributed by atoms with Gasteiger partial charge >= 0.3 is 11.9 Å². The topological polar surface area (TPSA) is 74.6 Å². The predicted molar refractivity (Wildman–Crippen MR) is 107 cm³/mol. The Balaban J connectivity index is 3.78. The van der Waals surface area contributed by atoms with Crippen LogP contribution in [0, 0.1) is 11.3 Å². The molecule has 0 amide bonds. The van der Waals surface area contributed by atoms with Crippen molar-refractivity contribution in [2.45, 2.75) is 117 Å². The van der Waals surface area contributed by atoms with Crippen LogP contribution in [0.5, 0.6) is 0 Å². The number of carbonyl (C=O) groups is 2. The third-order valence-electron chi connectivity index (χ3n) is 6.07. The first-order valence-corrected chi connectivity index (χ1v) is 10.9. The molecule has 0 aliphatic heterocycles. The largest absolute Gasteiger partial charge is 0.481 e. The minimum absolute atomic E-state index is 0.303. The molecule has 1 unspecified atom stereocenters. The van der Waals surface area contributed by atoms with E-state index in [4.69, 9.17) is 5.11 Å². The Labute approximate surface area is 160 Å². The van der Waals surface area contributed by atoms with E-state index in [0.29, 0.717) is 12.3 Å². The molecule has 0 fully saturated rings. The number of hydrogen-bond donors (Lipinski definition) is 2. The van der Waals surface area contributed by atoms with Crippen molar-refractivity contribution in [1.82, 2.24) is 0 Å². The Kier molecular flexibility index (Phi) is 14.4. The fourth-order valence-electron chi connectivity index (χ4n) is 3.88. The summed E-state index contributed by atoms with van der Waals surface area (Å²) < 4.78 is 0. The molecule has 0 aliphatic rings. The molecule has 0 aromatic rings. The third-order valence-corrected chi connectivity index (χ3v) is 6.07. The van der Waals surface area contributed by atoms with Crippen LogP contribution in [0.2, 0.25) is 0 Å². The molecule has 2 N–H and O–H groups in total. The van der Waals surface area contributed by atoms with Gasteiger partial charge in [0.2, 0.25) is 0 Å². The first-order chi connectivity index (χ1) is 12.4. The second kappa shape index (κ2) is 15.0. The Morgan fingerprint density at radius 3 is 1.62 bits per heavy atom. The van der Waals surface area contributed by atoms with Crippen LogP contribution in [-0.2, 0) is 9.59 Å². The van der Waals surface area contributed by atoms with E-state index in [-0.39, 0.29) is 0 Å². The molecular formula is C22H42O4. The highest BCUT2D eigenvalue weighted by Gasteiger charge is 2.36. The second-order valence-corrected chi connectivity index (χ2v) is 7.89. The lowest BCUT2D eigenvalue weighted by Gasteiger charge is -2.31. The van der Waals surface area contributed by atoms with Gasteiger partial charge in [-0.2, -0.15) is 0 Å². The Morgan fingerprint density at radius 1 is 0.769 bits per heavy atom. The summed E-state index contributed by atoms with van der Waals surface area (Å²) in [7, 11) is 0.